The smallest absolute Gasteiger partial charge is 0.408 e. The lowest BCUT2D eigenvalue weighted by atomic mass is 9.84. The van der Waals surface area contributed by atoms with Crippen LogP contribution in [0.25, 0.3) is 0 Å². The second-order valence-electron chi connectivity index (χ2n) is 12.7. The highest BCUT2D eigenvalue weighted by atomic mass is 32.2. The zero-order chi connectivity index (χ0) is 37.4. The van der Waals surface area contributed by atoms with Crippen LogP contribution in [0.15, 0.2) is 121 Å². The minimum atomic E-state index is -1.13. The lowest BCUT2D eigenvalue weighted by Crippen LogP contribution is -2.51. The van der Waals surface area contributed by atoms with Crippen LogP contribution >= 0.6 is 11.8 Å². The number of hydrogen-bond donors (Lipinski definition) is 4. The van der Waals surface area contributed by atoms with Crippen molar-refractivity contribution >= 4 is 41.5 Å². The molecule has 0 aliphatic rings. The molecule has 4 aromatic rings. The molecule has 12 heteroatoms. The van der Waals surface area contributed by atoms with Crippen molar-refractivity contribution in [1.29, 1.82) is 0 Å². The van der Waals surface area contributed by atoms with E-state index in [9.17, 15) is 24.0 Å². The van der Waals surface area contributed by atoms with E-state index >= 15 is 0 Å². The SMILES string of the molecule is CC(C)(C)OC(=O)CNC(=O)CNC(=O)CNC(=O)C(CSC(c1ccccc1)(c1ccccc1)c1ccccc1)NC(=O)OCc1ccccc1. The molecule has 0 spiro atoms. The number of carbonyl (C=O) groups excluding carboxylic acids is 5. The molecule has 0 heterocycles. The van der Waals surface area contributed by atoms with Crippen molar-refractivity contribution < 1.29 is 33.4 Å². The van der Waals surface area contributed by atoms with Crippen LogP contribution in [0.1, 0.15) is 43.0 Å². The topological polar surface area (TPSA) is 152 Å². The van der Waals surface area contributed by atoms with Gasteiger partial charge in [0.25, 0.3) is 0 Å². The number of amides is 4. The van der Waals surface area contributed by atoms with Gasteiger partial charge in [-0.25, -0.2) is 4.79 Å². The molecule has 272 valence electrons. The van der Waals surface area contributed by atoms with Crippen molar-refractivity contribution in [1.82, 2.24) is 21.3 Å². The van der Waals surface area contributed by atoms with Gasteiger partial charge in [-0.2, -0.15) is 0 Å². The Morgan fingerprint density at radius 2 is 1.06 bits per heavy atom. The molecule has 0 saturated heterocycles. The third-order valence-electron chi connectivity index (χ3n) is 7.55. The molecule has 0 aliphatic carbocycles. The second kappa shape index (κ2) is 19.1. The summed E-state index contributed by atoms with van der Waals surface area (Å²) < 4.78 is 9.82. The van der Waals surface area contributed by atoms with Gasteiger partial charge < -0.3 is 30.7 Å². The highest BCUT2D eigenvalue weighted by Crippen LogP contribution is 2.48. The molecule has 1 unspecified atom stereocenters. The zero-order valence-corrected chi connectivity index (χ0v) is 30.2. The Morgan fingerprint density at radius 1 is 0.615 bits per heavy atom. The summed E-state index contributed by atoms with van der Waals surface area (Å²) in [5.41, 5.74) is 2.97. The summed E-state index contributed by atoms with van der Waals surface area (Å²) in [5.74, 6) is -2.42. The average Bonchev–Trinajstić information content (AvgIpc) is 3.15. The van der Waals surface area contributed by atoms with E-state index in [1.165, 1.54) is 11.8 Å². The lowest BCUT2D eigenvalue weighted by Gasteiger charge is -2.36. The number of rotatable bonds is 16. The molecule has 0 saturated carbocycles. The summed E-state index contributed by atoms with van der Waals surface area (Å²) in [6, 6.07) is 37.7. The highest BCUT2D eigenvalue weighted by molar-refractivity contribution is 8.00. The van der Waals surface area contributed by atoms with Crippen LogP contribution in [0, 0.1) is 0 Å². The largest absolute Gasteiger partial charge is 0.459 e. The van der Waals surface area contributed by atoms with E-state index in [4.69, 9.17) is 9.47 Å². The Hall–Kier alpha value is -5.62. The molecule has 11 nitrogen and oxygen atoms in total. The number of nitrogens with one attached hydrogen (secondary N) is 4. The number of carbonyl (C=O) groups is 5. The fourth-order valence-corrected chi connectivity index (χ4v) is 6.77. The minimum Gasteiger partial charge on any atom is -0.459 e. The Bertz CT molecular complexity index is 1670. The number of ether oxygens (including phenoxy) is 2. The fraction of sp³-hybridized carbons (Fsp3) is 0.275. The van der Waals surface area contributed by atoms with Gasteiger partial charge >= 0.3 is 12.1 Å². The van der Waals surface area contributed by atoms with Gasteiger partial charge in [-0.15, -0.1) is 11.8 Å². The summed E-state index contributed by atoms with van der Waals surface area (Å²) in [4.78, 5) is 63.5. The maximum Gasteiger partial charge on any atom is 0.408 e. The molecule has 1 atom stereocenters. The molecule has 0 aliphatic heterocycles. The Labute approximate surface area is 308 Å². The Balaban J connectivity index is 1.49. The minimum absolute atomic E-state index is 0.00542. The standard InChI is InChI=1S/C40H44N4O7S/c1-39(2,3)51-36(47)26-42-34(45)24-41-35(46)25-43-37(48)33(44-38(49)50-27-29-16-8-4-9-17-29)28-52-40(30-18-10-5-11-19-30,31-20-12-6-13-21-31)32-22-14-7-15-23-32/h4-23,33H,24-28H2,1-3H3,(H,41,46)(H,42,45)(H,43,48)(H,44,49). The molecule has 0 bridgehead atoms. The molecular formula is C40H44N4O7S. The first kappa shape index (κ1) is 39.2. The van der Waals surface area contributed by atoms with Crippen LogP contribution in [0.2, 0.25) is 0 Å². The normalized spacial score (nSPS) is 11.8. The molecule has 52 heavy (non-hydrogen) atoms. The predicted molar refractivity (Wildman–Crippen MR) is 200 cm³/mol. The van der Waals surface area contributed by atoms with Crippen LogP contribution in [0.4, 0.5) is 4.79 Å². The van der Waals surface area contributed by atoms with Crippen molar-refractivity contribution in [3.05, 3.63) is 144 Å². The summed E-state index contributed by atoms with van der Waals surface area (Å²) in [6.45, 7) is 3.87. The van der Waals surface area contributed by atoms with Crippen molar-refractivity contribution in [3.8, 4) is 0 Å². The van der Waals surface area contributed by atoms with E-state index in [2.05, 4.69) is 21.3 Å². The van der Waals surface area contributed by atoms with E-state index in [-0.39, 0.29) is 18.9 Å². The maximum atomic E-state index is 13.7. The lowest BCUT2D eigenvalue weighted by molar-refractivity contribution is -0.154. The van der Waals surface area contributed by atoms with Gasteiger partial charge in [-0.05, 0) is 43.0 Å². The van der Waals surface area contributed by atoms with Crippen molar-refractivity contribution in [2.45, 2.75) is 43.8 Å². The monoisotopic (exact) mass is 724 g/mol. The first-order valence-corrected chi connectivity index (χ1v) is 17.8. The van der Waals surface area contributed by atoms with Crippen LogP contribution < -0.4 is 21.3 Å². The fourth-order valence-electron chi connectivity index (χ4n) is 5.21. The van der Waals surface area contributed by atoms with E-state index in [1.807, 2.05) is 121 Å². The average molecular weight is 725 g/mol. The van der Waals surface area contributed by atoms with Crippen LogP contribution in [0.3, 0.4) is 0 Å². The van der Waals surface area contributed by atoms with Gasteiger partial charge in [0.15, 0.2) is 0 Å². The number of hydrogen-bond acceptors (Lipinski definition) is 8. The first-order valence-electron chi connectivity index (χ1n) is 16.8. The molecule has 0 fully saturated rings. The van der Waals surface area contributed by atoms with Gasteiger partial charge in [0.1, 0.15) is 24.8 Å². The summed E-state index contributed by atoms with van der Waals surface area (Å²) >= 11 is 1.46. The summed E-state index contributed by atoms with van der Waals surface area (Å²) in [7, 11) is 0. The van der Waals surface area contributed by atoms with E-state index < -0.39 is 59.3 Å². The van der Waals surface area contributed by atoms with Crippen molar-refractivity contribution in [2.24, 2.45) is 0 Å². The Kier molecular flexibility index (Phi) is 14.4. The van der Waals surface area contributed by atoms with Crippen LogP contribution in [-0.2, 0) is 40.0 Å². The van der Waals surface area contributed by atoms with Crippen LogP contribution in [-0.4, -0.2) is 66.8 Å². The van der Waals surface area contributed by atoms with Gasteiger partial charge in [-0.1, -0.05) is 121 Å². The van der Waals surface area contributed by atoms with Crippen LogP contribution in [0.5, 0.6) is 0 Å². The molecule has 4 N–H and O–H groups in total. The number of thioether (sulfide) groups is 1. The zero-order valence-electron chi connectivity index (χ0n) is 29.4. The van der Waals surface area contributed by atoms with Gasteiger partial charge in [0.05, 0.1) is 17.8 Å². The van der Waals surface area contributed by atoms with Gasteiger partial charge in [-0.3, -0.25) is 19.2 Å². The quantitative estimate of drug-likeness (QED) is 0.0960. The Morgan fingerprint density at radius 3 is 1.54 bits per heavy atom. The van der Waals surface area contributed by atoms with E-state index in [0.717, 1.165) is 22.3 Å². The predicted octanol–water partition coefficient (Wildman–Crippen LogP) is 4.70. The summed E-state index contributed by atoms with van der Waals surface area (Å²) in [6.07, 6.45) is -0.805. The number of esters is 1. The van der Waals surface area contributed by atoms with Gasteiger partial charge in [0.2, 0.25) is 17.7 Å². The maximum absolute atomic E-state index is 13.7. The third kappa shape index (κ3) is 12.0. The third-order valence-corrected chi connectivity index (χ3v) is 9.19. The van der Waals surface area contributed by atoms with Crippen molar-refractivity contribution in [2.75, 3.05) is 25.4 Å². The van der Waals surface area contributed by atoms with E-state index in [1.54, 1.807) is 20.8 Å². The summed E-state index contributed by atoms with van der Waals surface area (Å²) in [5, 5.41) is 10.1. The molecule has 0 radical (unpaired) electrons. The molecular weight excluding hydrogens is 681 g/mol. The molecule has 4 amide bonds. The van der Waals surface area contributed by atoms with Gasteiger partial charge in [0, 0.05) is 5.75 Å². The number of benzene rings is 4. The van der Waals surface area contributed by atoms with Crippen molar-refractivity contribution in [3.63, 3.8) is 0 Å². The second-order valence-corrected chi connectivity index (χ2v) is 13.9. The molecule has 0 aromatic heterocycles. The molecule has 4 rings (SSSR count). The number of alkyl carbamates (subject to hydrolysis) is 1. The first-order chi connectivity index (χ1) is 25.0. The highest BCUT2D eigenvalue weighted by Gasteiger charge is 2.38. The molecule has 4 aromatic carbocycles. The van der Waals surface area contributed by atoms with E-state index in [0.29, 0.717) is 0 Å².